The Bertz CT molecular complexity index is 245. The van der Waals surface area contributed by atoms with Crippen LogP contribution in [0.3, 0.4) is 0 Å². The highest BCUT2D eigenvalue weighted by molar-refractivity contribution is 6.18. The van der Waals surface area contributed by atoms with Crippen LogP contribution in [0.1, 0.15) is 65.2 Å². The average molecular weight is 274 g/mol. The van der Waals surface area contributed by atoms with Gasteiger partial charge in [-0.3, -0.25) is 4.79 Å². The molecular formula is C15H28ClNO. The van der Waals surface area contributed by atoms with E-state index in [1.807, 2.05) is 4.90 Å². The number of amides is 1. The number of halogens is 1. The molecule has 3 heteroatoms. The van der Waals surface area contributed by atoms with Gasteiger partial charge < -0.3 is 4.90 Å². The van der Waals surface area contributed by atoms with Gasteiger partial charge in [-0.1, -0.05) is 46.0 Å². The lowest BCUT2D eigenvalue weighted by atomic mass is 10.0. The van der Waals surface area contributed by atoms with Crippen LogP contribution in [0.4, 0.5) is 0 Å². The summed E-state index contributed by atoms with van der Waals surface area (Å²) in [6.45, 7) is 5.34. The SMILES string of the molecule is CCCCCCCCC(=O)N1CCC(C)C1CCl. The van der Waals surface area contributed by atoms with Crippen LogP contribution >= 0.6 is 11.6 Å². The fourth-order valence-electron chi connectivity index (χ4n) is 2.75. The van der Waals surface area contributed by atoms with Crippen LogP contribution in [0.15, 0.2) is 0 Å². The minimum absolute atomic E-state index is 0.277. The Labute approximate surface area is 117 Å². The summed E-state index contributed by atoms with van der Waals surface area (Å²) in [5.41, 5.74) is 0. The van der Waals surface area contributed by atoms with E-state index >= 15 is 0 Å². The van der Waals surface area contributed by atoms with E-state index in [0.29, 0.717) is 24.1 Å². The normalized spacial score (nSPS) is 23.6. The van der Waals surface area contributed by atoms with Crippen molar-refractivity contribution in [3.8, 4) is 0 Å². The van der Waals surface area contributed by atoms with Crippen LogP contribution in [0.5, 0.6) is 0 Å². The smallest absolute Gasteiger partial charge is 0.222 e. The van der Waals surface area contributed by atoms with Gasteiger partial charge in [-0.15, -0.1) is 11.6 Å². The van der Waals surface area contributed by atoms with Crippen LogP contribution < -0.4 is 0 Å². The van der Waals surface area contributed by atoms with Crippen LogP contribution in [0.25, 0.3) is 0 Å². The Morgan fingerprint density at radius 1 is 1.22 bits per heavy atom. The summed E-state index contributed by atoms with van der Waals surface area (Å²) in [5, 5.41) is 0. The van der Waals surface area contributed by atoms with E-state index in [2.05, 4.69) is 13.8 Å². The van der Waals surface area contributed by atoms with Gasteiger partial charge in [0.15, 0.2) is 0 Å². The first-order valence-corrected chi connectivity index (χ1v) is 8.09. The molecule has 1 fully saturated rings. The summed E-state index contributed by atoms with van der Waals surface area (Å²) >= 11 is 5.97. The van der Waals surface area contributed by atoms with Crippen molar-refractivity contribution < 1.29 is 4.79 Å². The molecule has 1 amide bonds. The maximum absolute atomic E-state index is 12.1. The molecule has 2 nitrogen and oxygen atoms in total. The molecular weight excluding hydrogens is 246 g/mol. The lowest BCUT2D eigenvalue weighted by molar-refractivity contribution is -0.132. The van der Waals surface area contributed by atoms with E-state index < -0.39 is 0 Å². The Morgan fingerprint density at radius 2 is 1.89 bits per heavy atom. The number of likely N-dealkylation sites (tertiary alicyclic amines) is 1. The summed E-state index contributed by atoms with van der Waals surface area (Å²) in [6, 6.07) is 0.277. The predicted molar refractivity (Wildman–Crippen MR) is 78.0 cm³/mol. The summed E-state index contributed by atoms with van der Waals surface area (Å²) in [6.07, 6.45) is 9.26. The van der Waals surface area contributed by atoms with Crippen molar-refractivity contribution in [2.75, 3.05) is 12.4 Å². The first-order chi connectivity index (χ1) is 8.70. The first kappa shape index (κ1) is 15.8. The number of hydrogen-bond donors (Lipinski definition) is 0. The standard InChI is InChI=1S/C15H28ClNO/c1-3-4-5-6-7-8-9-15(18)17-11-10-13(2)14(17)12-16/h13-14H,3-12H2,1-2H3. The molecule has 0 aromatic rings. The summed E-state index contributed by atoms with van der Waals surface area (Å²) in [5.74, 6) is 1.47. The van der Waals surface area contributed by atoms with Crippen molar-refractivity contribution in [1.82, 2.24) is 4.90 Å². The maximum atomic E-state index is 12.1. The number of carbonyl (C=O) groups is 1. The third-order valence-electron chi connectivity index (χ3n) is 4.11. The van der Waals surface area contributed by atoms with E-state index in [-0.39, 0.29) is 6.04 Å². The molecule has 0 aromatic carbocycles. The van der Waals surface area contributed by atoms with Crippen LogP contribution in [0, 0.1) is 5.92 Å². The van der Waals surface area contributed by atoms with E-state index in [0.717, 1.165) is 19.4 Å². The third kappa shape index (κ3) is 4.79. The molecule has 2 unspecified atom stereocenters. The van der Waals surface area contributed by atoms with Gasteiger partial charge in [0.1, 0.15) is 0 Å². The molecule has 0 N–H and O–H groups in total. The molecule has 1 aliphatic heterocycles. The molecule has 0 radical (unpaired) electrons. The van der Waals surface area contributed by atoms with Gasteiger partial charge >= 0.3 is 0 Å². The molecule has 0 aromatic heterocycles. The maximum Gasteiger partial charge on any atom is 0.222 e. The highest BCUT2D eigenvalue weighted by Crippen LogP contribution is 2.25. The van der Waals surface area contributed by atoms with Gasteiger partial charge in [-0.25, -0.2) is 0 Å². The Balaban J connectivity index is 2.16. The second kappa shape index (κ2) is 8.79. The van der Waals surface area contributed by atoms with Gasteiger partial charge in [0.2, 0.25) is 5.91 Å². The Kier molecular flexibility index (Phi) is 7.73. The van der Waals surface area contributed by atoms with Gasteiger partial charge in [0.05, 0.1) is 0 Å². The highest BCUT2D eigenvalue weighted by Gasteiger charge is 2.32. The van der Waals surface area contributed by atoms with Gasteiger partial charge in [-0.2, -0.15) is 0 Å². The second-order valence-electron chi connectivity index (χ2n) is 5.59. The molecule has 0 aliphatic carbocycles. The van der Waals surface area contributed by atoms with Gasteiger partial charge in [0, 0.05) is 24.9 Å². The zero-order valence-corrected chi connectivity index (χ0v) is 12.7. The molecule has 0 spiro atoms. The number of nitrogens with zero attached hydrogens (tertiary/aromatic N) is 1. The molecule has 106 valence electrons. The first-order valence-electron chi connectivity index (χ1n) is 7.56. The van der Waals surface area contributed by atoms with Crippen molar-refractivity contribution in [2.24, 2.45) is 5.92 Å². The fourth-order valence-corrected chi connectivity index (χ4v) is 3.22. The zero-order valence-electron chi connectivity index (χ0n) is 12.0. The van der Waals surface area contributed by atoms with E-state index in [9.17, 15) is 4.79 Å². The molecule has 0 saturated carbocycles. The number of alkyl halides is 1. The molecule has 0 bridgehead atoms. The molecule has 18 heavy (non-hydrogen) atoms. The second-order valence-corrected chi connectivity index (χ2v) is 5.90. The van der Waals surface area contributed by atoms with Crippen molar-refractivity contribution >= 4 is 17.5 Å². The van der Waals surface area contributed by atoms with Crippen molar-refractivity contribution in [1.29, 1.82) is 0 Å². The number of carbonyl (C=O) groups excluding carboxylic acids is 1. The van der Waals surface area contributed by atoms with Crippen molar-refractivity contribution in [3.05, 3.63) is 0 Å². The lowest BCUT2D eigenvalue weighted by Crippen LogP contribution is -2.38. The summed E-state index contributed by atoms with van der Waals surface area (Å²) < 4.78 is 0. The van der Waals surface area contributed by atoms with Crippen LogP contribution in [-0.4, -0.2) is 29.3 Å². The van der Waals surface area contributed by atoms with E-state index in [4.69, 9.17) is 11.6 Å². The molecule has 1 heterocycles. The third-order valence-corrected chi connectivity index (χ3v) is 4.42. The molecule has 2 atom stereocenters. The monoisotopic (exact) mass is 273 g/mol. The molecule has 1 rings (SSSR count). The largest absolute Gasteiger partial charge is 0.338 e. The average Bonchev–Trinajstić information content (AvgIpc) is 2.74. The van der Waals surface area contributed by atoms with Crippen molar-refractivity contribution in [3.63, 3.8) is 0 Å². The summed E-state index contributed by atoms with van der Waals surface area (Å²) in [7, 11) is 0. The Hall–Kier alpha value is -0.240. The molecule has 1 aliphatic rings. The van der Waals surface area contributed by atoms with Crippen LogP contribution in [0.2, 0.25) is 0 Å². The lowest BCUT2D eigenvalue weighted by Gasteiger charge is -2.25. The molecule has 1 saturated heterocycles. The minimum Gasteiger partial charge on any atom is -0.338 e. The topological polar surface area (TPSA) is 20.3 Å². The summed E-state index contributed by atoms with van der Waals surface area (Å²) in [4.78, 5) is 14.1. The highest BCUT2D eigenvalue weighted by atomic mass is 35.5. The van der Waals surface area contributed by atoms with E-state index in [1.165, 1.54) is 32.1 Å². The van der Waals surface area contributed by atoms with Crippen LogP contribution in [-0.2, 0) is 4.79 Å². The van der Waals surface area contributed by atoms with Gasteiger partial charge in [0.25, 0.3) is 0 Å². The quantitative estimate of drug-likeness (QED) is 0.479. The fraction of sp³-hybridized carbons (Fsp3) is 0.933. The predicted octanol–water partition coefficient (Wildman–Crippen LogP) is 4.21. The number of hydrogen-bond acceptors (Lipinski definition) is 1. The number of unbranched alkanes of at least 4 members (excludes halogenated alkanes) is 5. The zero-order chi connectivity index (χ0) is 13.4. The minimum atomic E-state index is 0.277. The number of rotatable bonds is 8. The van der Waals surface area contributed by atoms with Crippen molar-refractivity contribution in [2.45, 2.75) is 71.3 Å². The Morgan fingerprint density at radius 3 is 2.56 bits per heavy atom. The van der Waals surface area contributed by atoms with E-state index in [1.54, 1.807) is 0 Å². The van der Waals surface area contributed by atoms with Gasteiger partial charge in [-0.05, 0) is 18.8 Å².